The van der Waals surface area contributed by atoms with Gasteiger partial charge in [0.05, 0.1) is 23.8 Å². The van der Waals surface area contributed by atoms with Crippen LogP contribution in [0.2, 0.25) is 0 Å². The minimum absolute atomic E-state index is 0.0901. The second kappa shape index (κ2) is 9.66. The number of aromatic nitrogens is 4. The van der Waals surface area contributed by atoms with Gasteiger partial charge in [0.15, 0.2) is 5.16 Å². The number of hydrogen-bond acceptors (Lipinski definition) is 8. The van der Waals surface area contributed by atoms with E-state index in [0.29, 0.717) is 45.1 Å². The fraction of sp³-hybridized carbons (Fsp3) is 0.120. The lowest BCUT2D eigenvalue weighted by molar-refractivity contribution is 0.390. The molecule has 3 heterocycles. The first-order valence-electron chi connectivity index (χ1n) is 10.5. The van der Waals surface area contributed by atoms with Crippen LogP contribution in [0.4, 0.5) is 0 Å². The molecule has 0 saturated carbocycles. The number of fused-ring (bicyclic) bond motifs is 1. The van der Waals surface area contributed by atoms with E-state index in [1.807, 2.05) is 60.0 Å². The van der Waals surface area contributed by atoms with Crippen LogP contribution in [-0.2, 0) is 12.3 Å². The molecular formula is C25H20N4O3S2. The highest BCUT2D eigenvalue weighted by atomic mass is 32.2. The molecule has 0 aliphatic carbocycles. The van der Waals surface area contributed by atoms with Crippen molar-refractivity contribution in [3.8, 4) is 28.3 Å². The highest BCUT2D eigenvalue weighted by molar-refractivity contribution is 7.98. The Morgan fingerprint density at radius 2 is 1.91 bits per heavy atom. The van der Waals surface area contributed by atoms with Gasteiger partial charge in [-0.05, 0) is 17.7 Å². The fourth-order valence-electron chi connectivity index (χ4n) is 3.61. The first-order chi connectivity index (χ1) is 16.7. The summed E-state index contributed by atoms with van der Waals surface area (Å²) in [7, 11) is 1.60. The maximum atomic E-state index is 13.5. The van der Waals surface area contributed by atoms with Gasteiger partial charge in [0.1, 0.15) is 10.6 Å². The standard InChI is InChI=1S/C25H20N4O3S2/c1-3-13-29-24(30)21-18(16-9-5-4-6-10-16)14-33-23(21)27-25(29)34-15-20-26-22(28-32-20)17-11-7-8-12-19(17)31-2/h3-12,14H,1,13,15H2,2H3. The van der Waals surface area contributed by atoms with Gasteiger partial charge in [-0.15, -0.1) is 17.9 Å². The Balaban J connectivity index is 1.47. The van der Waals surface area contributed by atoms with Gasteiger partial charge >= 0.3 is 0 Å². The molecule has 0 fully saturated rings. The van der Waals surface area contributed by atoms with Gasteiger partial charge in [-0.2, -0.15) is 4.98 Å². The van der Waals surface area contributed by atoms with E-state index >= 15 is 0 Å². The van der Waals surface area contributed by atoms with Crippen LogP contribution in [0.25, 0.3) is 32.7 Å². The van der Waals surface area contributed by atoms with Crippen molar-refractivity contribution in [3.63, 3.8) is 0 Å². The predicted molar refractivity (Wildman–Crippen MR) is 135 cm³/mol. The molecule has 2 aromatic carbocycles. The van der Waals surface area contributed by atoms with Crippen molar-refractivity contribution >= 4 is 33.3 Å². The van der Waals surface area contributed by atoms with E-state index in [9.17, 15) is 4.79 Å². The number of thiophene rings is 1. The molecule has 34 heavy (non-hydrogen) atoms. The molecule has 0 saturated heterocycles. The molecular weight excluding hydrogens is 468 g/mol. The Morgan fingerprint density at radius 1 is 1.12 bits per heavy atom. The van der Waals surface area contributed by atoms with Gasteiger partial charge in [-0.1, -0.05) is 65.5 Å². The summed E-state index contributed by atoms with van der Waals surface area (Å²) >= 11 is 2.84. The molecule has 0 aliphatic rings. The Morgan fingerprint density at radius 3 is 2.71 bits per heavy atom. The molecule has 0 bridgehead atoms. The number of benzene rings is 2. The maximum absolute atomic E-state index is 13.5. The van der Waals surface area contributed by atoms with Crippen molar-refractivity contribution in [3.05, 3.63) is 88.9 Å². The Bertz CT molecular complexity index is 1520. The van der Waals surface area contributed by atoms with Gasteiger partial charge in [-0.3, -0.25) is 9.36 Å². The molecule has 0 N–H and O–H groups in total. The summed E-state index contributed by atoms with van der Waals surface area (Å²) in [6.45, 7) is 4.16. The number of nitrogens with zero attached hydrogens (tertiary/aromatic N) is 4. The van der Waals surface area contributed by atoms with Crippen molar-refractivity contribution in [2.24, 2.45) is 0 Å². The van der Waals surface area contributed by atoms with Gasteiger partial charge in [0.25, 0.3) is 5.56 Å². The first-order valence-corrected chi connectivity index (χ1v) is 12.3. The van der Waals surface area contributed by atoms with Gasteiger partial charge in [-0.25, -0.2) is 4.98 Å². The largest absolute Gasteiger partial charge is 0.496 e. The highest BCUT2D eigenvalue weighted by Gasteiger charge is 2.18. The Labute approximate surface area is 203 Å². The summed E-state index contributed by atoms with van der Waals surface area (Å²) in [5.74, 6) is 1.92. The van der Waals surface area contributed by atoms with Crippen LogP contribution in [0, 0.1) is 0 Å². The van der Waals surface area contributed by atoms with Crippen LogP contribution in [0.5, 0.6) is 5.75 Å². The molecule has 5 rings (SSSR count). The maximum Gasteiger partial charge on any atom is 0.263 e. The average Bonchev–Trinajstić information content (AvgIpc) is 3.53. The topological polar surface area (TPSA) is 83.0 Å². The number of methoxy groups -OCH3 is 1. The van der Waals surface area contributed by atoms with Crippen LogP contribution in [0.15, 0.2) is 87.1 Å². The molecule has 0 spiro atoms. The van der Waals surface area contributed by atoms with Crippen molar-refractivity contribution in [1.82, 2.24) is 19.7 Å². The van der Waals surface area contributed by atoms with Crippen LogP contribution >= 0.6 is 23.1 Å². The average molecular weight is 489 g/mol. The van der Waals surface area contributed by atoms with Crippen molar-refractivity contribution in [2.45, 2.75) is 17.5 Å². The van der Waals surface area contributed by atoms with E-state index in [-0.39, 0.29) is 5.56 Å². The quantitative estimate of drug-likeness (QED) is 0.158. The predicted octanol–water partition coefficient (Wildman–Crippen LogP) is 5.66. The third-order valence-electron chi connectivity index (χ3n) is 5.20. The Hall–Kier alpha value is -3.69. The van der Waals surface area contributed by atoms with E-state index in [1.54, 1.807) is 17.8 Å². The van der Waals surface area contributed by atoms with E-state index in [0.717, 1.165) is 16.7 Å². The molecule has 5 aromatic rings. The molecule has 0 unspecified atom stereocenters. The van der Waals surface area contributed by atoms with Crippen LogP contribution in [-0.4, -0.2) is 26.8 Å². The summed E-state index contributed by atoms with van der Waals surface area (Å²) in [4.78, 5) is 23.5. The second-order valence-corrected chi connectivity index (χ2v) is 9.10. The van der Waals surface area contributed by atoms with E-state index in [1.165, 1.54) is 23.1 Å². The first kappa shape index (κ1) is 22.1. The van der Waals surface area contributed by atoms with E-state index in [2.05, 4.69) is 16.7 Å². The van der Waals surface area contributed by atoms with Gasteiger partial charge in [0.2, 0.25) is 11.7 Å². The summed E-state index contributed by atoms with van der Waals surface area (Å²) in [5.41, 5.74) is 2.55. The van der Waals surface area contributed by atoms with Gasteiger partial charge < -0.3 is 9.26 Å². The zero-order chi connectivity index (χ0) is 23.5. The van der Waals surface area contributed by atoms with Crippen LogP contribution in [0.3, 0.4) is 0 Å². The normalized spacial score (nSPS) is 11.1. The van der Waals surface area contributed by atoms with Crippen molar-refractivity contribution < 1.29 is 9.26 Å². The van der Waals surface area contributed by atoms with E-state index in [4.69, 9.17) is 14.2 Å². The SMILES string of the molecule is C=CCn1c(SCc2nc(-c3ccccc3OC)no2)nc2scc(-c3ccccc3)c2c1=O. The van der Waals surface area contributed by atoms with Gasteiger partial charge in [0, 0.05) is 17.5 Å². The smallest absolute Gasteiger partial charge is 0.263 e. The molecule has 0 atom stereocenters. The van der Waals surface area contributed by atoms with Crippen molar-refractivity contribution in [1.29, 1.82) is 0 Å². The lowest BCUT2D eigenvalue weighted by Gasteiger charge is -2.10. The molecule has 170 valence electrons. The third kappa shape index (κ3) is 4.15. The zero-order valence-electron chi connectivity index (χ0n) is 18.3. The lowest BCUT2D eigenvalue weighted by Crippen LogP contribution is -2.22. The number of hydrogen-bond donors (Lipinski definition) is 0. The number of ether oxygens (including phenoxy) is 1. The summed E-state index contributed by atoms with van der Waals surface area (Å²) in [6.07, 6.45) is 1.69. The third-order valence-corrected chi connectivity index (χ3v) is 7.03. The van der Waals surface area contributed by atoms with E-state index < -0.39 is 0 Å². The Kier molecular flexibility index (Phi) is 6.29. The fourth-order valence-corrected chi connectivity index (χ4v) is 5.45. The summed E-state index contributed by atoms with van der Waals surface area (Å²) in [6, 6.07) is 17.4. The second-order valence-electron chi connectivity index (χ2n) is 7.30. The molecule has 0 amide bonds. The summed E-state index contributed by atoms with van der Waals surface area (Å²) < 4.78 is 12.5. The number of allylic oxidation sites excluding steroid dienone is 1. The molecule has 3 aromatic heterocycles. The zero-order valence-corrected chi connectivity index (χ0v) is 19.9. The van der Waals surface area contributed by atoms with Crippen molar-refractivity contribution in [2.75, 3.05) is 7.11 Å². The monoisotopic (exact) mass is 488 g/mol. The number of rotatable bonds is 8. The van der Waals surface area contributed by atoms with Crippen LogP contribution in [0.1, 0.15) is 5.89 Å². The molecule has 7 nitrogen and oxygen atoms in total. The number of para-hydroxylation sites is 1. The highest BCUT2D eigenvalue weighted by Crippen LogP contribution is 2.33. The number of thioether (sulfide) groups is 1. The molecule has 9 heteroatoms. The molecule has 0 radical (unpaired) electrons. The minimum atomic E-state index is -0.0901. The minimum Gasteiger partial charge on any atom is -0.496 e. The molecule has 0 aliphatic heterocycles. The summed E-state index contributed by atoms with van der Waals surface area (Å²) in [5, 5.41) is 7.28. The van der Waals surface area contributed by atoms with Crippen LogP contribution < -0.4 is 10.3 Å². The lowest BCUT2D eigenvalue weighted by atomic mass is 10.1.